The van der Waals surface area contributed by atoms with Crippen LogP contribution in [0.1, 0.15) is 34.0 Å². The third-order valence-corrected chi connectivity index (χ3v) is 4.64. The fourth-order valence-corrected chi connectivity index (χ4v) is 2.81. The zero-order valence-corrected chi connectivity index (χ0v) is 19.3. The third kappa shape index (κ3) is 7.95. The summed E-state index contributed by atoms with van der Waals surface area (Å²) < 4.78 is 3.53. The van der Waals surface area contributed by atoms with Crippen LogP contribution in [0.3, 0.4) is 0 Å². The van der Waals surface area contributed by atoms with Crippen molar-refractivity contribution in [3.63, 3.8) is 0 Å². The summed E-state index contributed by atoms with van der Waals surface area (Å²) in [5, 5.41) is 9.40. The number of aromatic nitrogens is 4. The number of aryl methyl sites for hydroxylation is 2. The number of hydrogen-bond acceptors (Lipinski definition) is 6. The quantitative estimate of drug-likeness (QED) is 0.274. The van der Waals surface area contributed by atoms with Gasteiger partial charge >= 0.3 is 5.97 Å². The molecular weight excluding hydrogens is 479 g/mol. The second kappa shape index (κ2) is 13.0. The first-order chi connectivity index (χ1) is 15.6. The molecule has 2 heterocycles. The van der Waals surface area contributed by atoms with Crippen molar-refractivity contribution in [3.8, 4) is 0 Å². The second-order valence-corrected chi connectivity index (χ2v) is 7.56. The summed E-state index contributed by atoms with van der Waals surface area (Å²) in [4.78, 5) is 30.3. The Kier molecular flexibility index (Phi) is 10.8. The smallest absolute Gasteiger partial charge is 0.337 e. The molecule has 0 amide bonds. The van der Waals surface area contributed by atoms with Crippen molar-refractivity contribution in [2.45, 2.75) is 7.43 Å². The number of nitrogens with two attached hydrogens (primary N) is 2. The number of hydrogen-bond donors (Lipinski definition) is 3. The second-order valence-electron chi connectivity index (χ2n) is 6.69. The molecule has 9 nitrogen and oxygen atoms in total. The van der Waals surface area contributed by atoms with Crippen LogP contribution in [0, 0.1) is 0 Å². The lowest BCUT2D eigenvalue weighted by Gasteiger charge is -2.05. The van der Waals surface area contributed by atoms with Crippen molar-refractivity contribution in [2.24, 2.45) is 14.1 Å². The standard InChI is InChI=1S/C11H10ClN3O.C7H6ClNO2.C4H6N2.CH4/c1-15-5-4-14-11(15)10(16)8-6-7(12)2-3-9(8)13;8-4-1-2-6(9)5(3-4)7(10)11;1-6-3-2-5-4-6;/h2-6H,13H2,1H3;1-3H,9H2,(H,10,11);2-4H,1H3;1H4. The predicted molar refractivity (Wildman–Crippen MR) is 135 cm³/mol. The summed E-state index contributed by atoms with van der Waals surface area (Å²) in [5.41, 5.74) is 12.1. The number of benzene rings is 2. The third-order valence-electron chi connectivity index (χ3n) is 4.17. The minimum Gasteiger partial charge on any atom is -0.478 e. The van der Waals surface area contributed by atoms with Gasteiger partial charge in [0, 0.05) is 60.3 Å². The van der Waals surface area contributed by atoms with Crippen LogP contribution in [0.25, 0.3) is 0 Å². The van der Waals surface area contributed by atoms with E-state index in [0.29, 0.717) is 27.1 Å². The van der Waals surface area contributed by atoms with E-state index < -0.39 is 5.97 Å². The van der Waals surface area contributed by atoms with Gasteiger partial charge in [0.15, 0.2) is 5.82 Å². The molecule has 0 fully saturated rings. The van der Waals surface area contributed by atoms with Gasteiger partial charge in [-0.05, 0) is 36.4 Å². The minimum absolute atomic E-state index is 0. The fraction of sp³-hybridized carbons (Fsp3) is 0.130. The van der Waals surface area contributed by atoms with Gasteiger partial charge in [-0.2, -0.15) is 0 Å². The van der Waals surface area contributed by atoms with E-state index in [1.165, 1.54) is 12.1 Å². The van der Waals surface area contributed by atoms with Crippen molar-refractivity contribution >= 4 is 46.3 Å². The lowest BCUT2D eigenvalue weighted by Crippen LogP contribution is -2.10. The lowest BCUT2D eigenvalue weighted by molar-refractivity contribution is 0.0698. The number of imidazole rings is 2. The van der Waals surface area contributed by atoms with Crippen LogP contribution < -0.4 is 11.5 Å². The number of carboxylic acids is 1. The molecule has 0 radical (unpaired) electrons. The molecule has 0 unspecified atom stereocenters. The first-order valence-electron chi connectivity index (χ1n) is 9.37. The van der Waals surface area contributed by atoms with Gasteiger partial charge in [-0.15, -0.1) is 0 Å². The van der Waals surface area contributed by atoms with E-state index in [-0.39, 0.29) is 24.5 Å². The average Bonchev–Trinajstić information content (AvgIpc) is 3.42. The van der Waals surface area contributed by atoms with E-state index in [0.717, 1.165) is 0 Å². The van der Waals surface area contributed by atoms with Crippen LogP contribution in [0.15, 0.2) is 67.5 Å². The average molecular weight is 505 g/mol. The van der Waals surface area contributed by atoms with Gasteiger partial charge < -0.3 is 25.7 Å². The maximum atomic E-state index is 12.1. The van der Waals surface area contributed by atoms with Gasteiger partial charge in [-0.1, -0.05) is 30.6 Å². The molecular formula is C23H26Cl2N6O3. The van der Waals surface area contributed by atoms with Crippen LogP contribution in [0.5, 0.6) is 0 Å². The number of nitrogens with zero attached hydrogens (tertiary/aromatic N) is 4. The van der Waals surface area contributed by atoms with Crippen molar-refractivity contribution in [2.75, 3.05) is 11.5 Å². The maximum Gasteiger partial charge on any atom is 0.337 e. The molecule has 4 aromatic rings. The SMILES string of the molecule is C.Cn1ccnc1.Cn1ccnc1C(=O)c1cc(Cl)ccc1N.Nc1ccc(Cl)cc1C(=O)O. The molecule has 180 valence electrons. The van der Waals surface area contributed by atoms with Gasteiger partial charge in [-0.25, -0.2) is 14.8 Å². The van der Waals surface area contributed by atoms with Crippen molar-refractivity contribution in [1.29, 1.82) is 0 Å². The molecule has 0 spiro atoms. The number of halogens is 2. The van der Waals surface area contributed by atoms with E-state index >= 15 is 0 Å². The van der Waals surface area contributed by atoms with Crippen LogP contribution in [0.4, 0.5) is 11.4 Å². The van der Waals surface area contributed by atoms with Crippen LogP contribution in [0.2, 0.25) is 10.0 Å². The highest BCUT2D eigenvalue weighted by atomic mass is 35.5. The first kappa shape index (κ1) is 28.2. The van der Waals surface area contributed by atoms with Crippen LogP contribution in [-0.2, 0) is 14.1 Å². The molecule has 0 saturated heterocycles. The molecule has 5 N–H and O–H groups in total. The highest BCUT2D eigenvalue weighted by Crippen LogP contribution is 2.20. The summed E-state index contributed by atoms with van der Waals surface area (Å²) in [6.45, 7) is 0. The molecule has 2 aromatic heterocycles. The fourth-order valence-electron chi connectivity index (χ4n) is 2.47. The normalized spacial score (nSPS) is 9.53. The largest absolute Gasteiger partial charge is 0.478 e. The molecule has 4 rings (SSSR count). The van der Waals surface area contributed by atoms with Crippen molar-refractivity contribution in [1.82, 2.24) is 19.1 Å². The Hall–Kier alpha value is -3.82. The number of carboxylic acid groups (broad SMARTS) is 1. The molecule has 2 aromatic carbocycles. The Morgan fingerprint density at radius 1 is 0.912 bits per heavy atom. The van der Waals surface area contributed by atoms with Crippen molar-refractivity contribution < 1.29 is 14.7 Å². The molecule has 0 saturated carbocycles. The Morgan fingerprint density at radius 3 is 1.85 bits per heavy atom. The zero-order valence-electron chi connectivity index (χ0n) is 17.8. The molecule has 0 bridgehead atoms. The Balaban J connectivity index is 0.000000278. The summed E-state index contributed by atoms with van der Waals surface area (Å²) in [6.07, 6.45) is 8.65. The van der Waals surface area contributed by atoms with Gasteiger partial charge in [0.1, 0.15) is 0 Å². The molecule has 0 aliphatic heterocycles. The molecule has 0 aliphatic carbocycles. The van der Waals surface area contributed by atoms with Crippen LogP contribution in [-0.4, -0.2) is 36.0 Å². The monoisotopic (exact) mass is 504 g/mol. The van der Waals surface area contributed by atoms with E-state index in [2.05, 4.69) is 9.97 Å². The zero-order chi connectivity index (χ0) is 24.5. The number of carbonyl (C=O) groups is 2. The first-order valence-corrected chi connectivity index (χ1v) is 10.1. The lowest BCUT2D eigenvalue weighted by atomic mass is 10.1. The van der Waals surface area contributed by atoms with E-state index in [1.54, 1.807) is 60.8 Å². The Bertz CT molecular complexity index is 1240. The van der Waals surface area contributed by atoms with Gasteiger partial charge in [0.05, 0.1) is 17.5 Å². The number of aromatic carboxylic acids is 1. The summed E-state index contributed by atoms with van der Waals surface area (Å²) in [6, 6.07) is 9.13. The number of nitrogen functional groups attached to an aromatic ring is 2. The Morgan fingerprint density at radius 2 is 1.47 bits per heavy atom. The summed E-state index contributed by atoms with van der Waals surface area (Å²) >= 11 is 11.4. The summed E-state index contributed by atoms with van der Waals surface area (Å²) in [5.74, 6) is -0.952. The topological polar surface area (TPSA) is 142 Å². The van der Waals surface area contributed by atoms with Crippen LogP contribution >= 0.6 is 23.2 Å². The maximum absolute atomic E-state index is 12.1. The van der Waals surface area contributed by atoms with E-state index in [1.807, 2.05) is 17.8 Å². The van der Waals surface area contributed by atoms with E-state index in [4.69, 9.17) is 39.8 Å². The number of ketones is 1. The molecule has 11 heteroatoms. The molecule has 0 atom stereocenters. The molecule has 34 heavy (non-hydrogen) atoms. The number of anilines is 2. The number of carbonyl (C=O) groups excluding carboxylic acids is 1. The molecule has 0 aliphatic rings. The highest BCUT2D eigenvalue weighted by Gasteiger charge is 2.16. The Labute approximate surface area is 207 Å². The summed E-state index contributed by atoms with van der Waals surface area (Å²) in [7, 11) is 3.69. The van der Waals surface area contributed by atoms with E-state index in [9.17, 15) is 9.59 Å². The predicted octanol–water partition coefficient (Wildman–Crippen LogP) is 4.56. The van der Waals surface area contributed by atoms with Gasteiger partial charge in [0.2, 0.25) is 5.78 Å². The highest BCUT2D eigenvalue weighted by molar-refractivity contribution is 6.31. The van der Waals surface area contributed by atoms with Gasteiger partial charge in [0.25, 0.3) is 0 Å². The van der Waals surface area contributed by atoms with Crippen molar-refractivity contribution in [3.05, 3.63) is 94.5 Å². The number of rotatable bonds is 3. The minimum atomic E-state index is -1.06. The van der Waals surface area contributed by atoms with Gasteiger partial charge in [-0.3, -0.25) is 4.79 Å².